The largest absolute Gasteiger partial charge is 0.491 e. The number of ether oxygens (including phenoxy) is 1. The monoisotopic (exact) mass is 292 g/mol. The van der Waals surface area contributed by atoms with E-state index < -0.39 is 18.0 Å². The Bertz CT molecular complexity index is 480. The van der Waals surface area contributed by atoms with Gasteiger partial charge in [0.2, 0.25) is 0 Å². The molecule has 1 aliphatic carbocycles. The normalized spacial score (nSPS) is 26.8. The molecular formula is C17H24O4. The van der Waals surface area contributed by atoms with Crippen molar-refractivity contribution in [2.24, 2.45) is 17.8 Å². The summed E-state index contributed by atoms with van der Waals surface area (Å²) in [5.74, 6) is -0.371. The van der Waals surface area contributed by atoms with Gasteiger partial charge >= 0.3 is 5.97 Å². The number of rotatable bonds is 5. The van der Waals surface area contributed by atoms with Gasteiger partial charge in [0, 0.05) is 5.92 Å². The molecule has 1 aliphatic rings. The SMILES string of the molecule is CC1CC(C(=O)O)C(C(O)c2ccc(OC(C)C)cc2)C1. The number of aliphatic hydroxyl groups excluding tert-OH is 1. The molecule has 2 N–H and O–H groups in total. The number of carboxylic acid groups (broad SMARTS) is 1. The molecule has 0 spiro atoms. The highest BCUT2D eigenvalue weighted by molar-refractivity contribution is 5.71. The first kappa shape index (κ1) is 15.8. The first-order valence-electron chi connectivity index (χ1n) is 7.56. The predicted octanol–water partition coefficient (Wildman–Crippen LogP) is 3.25. The van der Waals surface area contributed by atoms with Crippen LogP contribution in [0.5, 0.6) is 5.75 Å². The molecule has 0 heterocycles. The zero-order valence-electron chi connectivity index (χ0n) is 12.8. The van der Waals surface area contributed by atoms with Crippen molar-refractivity contribution in [3.05, 3.63) is 29.8 Å². The predicted molar refractivity (Wildman–Crippen MR) is 80.2 cm³/mol. The van der Waals surface area contributed by atoms with Crippen molar-refractivity contribution in [2.75, 3.05) is 0 Å². The molecule has 1 fully saturated rings. The zero-order chi connectivity index (χ0) is 15.6. The van der Waals surface area contributed by atoms with Gasteiger partial charge in [-0.2, -0.15) is 0 Å². The molecule has 4 nitrogen and oxygen atoms in total. The molecule has 4 atom stereocenters. The zero-order valence-corrected chi connectivity index (χ0v) is 12.8. The van der Waals surface area contributed by atoms with Crippen molar-refractivity contribution < 1.29 is 19.7 Å². The van der Waals surface area contributed by atoms with Crippen molar-refractivity contribution in [1.29, 1.82) is 0 Å². The van der Waals surface area contributed by atoms with Crippen LogP contribution in [0.25, 0.3) is 0 Å². The fourth-order valence-electron chi connectivity index (χ4n) is 3.23. The molecule has 21 heavy (non-hydrogen) atoms. The summed E-state index contributed by atoms with van der Waals surface area (Å²) in [7, 11) is 0. The lowest BCUT2D eigenvalue weighted by Crippen LogP contribution is -2.23. The number of aliphatic hydroxyl groups is 1. The van der Waals surface area contributed by atoms with Gasteiger partial charge in [0.05, 0.1) is 18.1 Å². The van der Waals surface area contributed by atoms with Gasteiger partial charge in [-0.15, -0.1) is 0 Å². The maximum atomic E-state index is 11.3. The van der Waals surface area contributed by atoms with Gasteiger partial charge in [-0.05, 0) is 50.3 Å². The van der Waals surface area contributed by atoms with Crippen molar-refractivity contribution >= 4 is 5.97 Å². The summed E-state index contributed by atoms with van der Waals surface area (Å²) in [6.45, 7) is 5.96. The van der Waals surface area contributed by atoms with Gasteiger partial charge in [0.15, 0.2) is 0 Å². The van der Waals surface area contributed by atoms with E-state index in [0.29, 0.717) is 12.3 Å². The maximum absolute atomic E-state index is 11.3. The second-order valence-corrected chi connectivity index (χ2v) is 6.37. The molecule has 4 heteroatoms. The Labute approximate surface area is 125 Å². The van der Waals surface area contributed by atoms with Crippen molar-refractivity contribution in [3.8, 4) is 5.75 Å². The second kappa shape index (κ2) is 6.48. The van der Waals surface area contributed by atoms with E-state index in [2.05, 4.69) is 0 Å². The van der Waals surface area contributed by atoms with Gasteiger partial charge in [-0.1, -0.05) is 19.1 Å². The lowest BCUT2D eigenvalue weighted by atomic mass is 9.87. The Kier molecular flexibility index (Phi) is 4.88. The lowest BCUT2D eigenvalue weighted by Gasteiger charge is -2.23. The highest BCUT2D eigenvalue weighted by atomic mass is 16.5. The summed E-state index contributed by atoms with van der Waals surface area (Å²) in [6, 6.07) is 7.30. The third-order valence-corrected chi connectivity index (χ3v) is 4.16. The van der Waals surface area contributed by atoms with Crippen LogP contribution in [0.15, 0.2) is 24.3 Å². The highest BCUT2D eigenvalue weighted by Gasteiger charge is 2.41. The Morgan fingerprint density at radius 1 is 1.24 bits per heavy atom. The molecule has 0 radical (unpaired) electrons. The summed E-state index contributed by atoms with van der Waals surface area (Å²) in [4.78, 5) is 11.3. The van der Waals surface area contributed by atoms with E-state index in [1.54, 1.807) is 0 Å². The van der Waals surface area contributed by atoms with E-state index in [1.165, 1.54) is 0 Å². The number of carbonyl (C=O) groups is 1. The lowest BCUT2D eigenvalue weighted by molar-refractivity contribution is -0.144. The van der Waals surface area contributed by atoms with Gasteiger partial charge in [0.25, 0.3) is 0 Å². The molecule has 0 saturated heterocycles. The van der Waals surface area contributed by atoms with E-state index in [9.17, 15) is 15.0 Å². The first-order valence-corrected chi connectivity index (χ1v) is 7.56. The third kappa shape index (κ3) is 3.76. The van der Waals surface area contributed by atoms with Crippen LogP contribution in [-0.2, 0) is 4.79 Å². The third-order valence-electron chi connectivity index (χ3n) is 4.16. The number of carboxylic acids is 1. The van der Waals surface area contributed by atoms with Crippen LogP contribution in [0.4, 0.5) is 0 Å². The van der Waals surface area contributed by atoms with E-state index in [0.717, 1.165) is 17.7 Å². The Morgan fingerprint density at radius 3 is 2.38 bits per heavy atom. The molecule has 1 saturated carbocycles. The molecule has 1 aromatic rings. The number of hydrogen-bond acceptors (Lipinski definition) is 3. The average Bonchev–Trinajstić information content (AvgIpc) is 2.80. The molecule has 116 valence electrons. The number of hydrogen-bond donors (Lipinski definition) is 2. The van der Waals surface area contributed by atoms with E-state index in [-0.39, 0.29) is 12.0 Å². The smallest absolute Gasteiger partial charge is 0.306 e. The minimum absolute atomic E-state index is 0.104. The first-order chi connectivity index (χ1) is 9.88. The number of benzene rings is 1. The fraction of sp³-hybridized carbons (Fsp3) is 0.588. The van der Waals surface area contributed by atoms with Crippen molar-refractivity contribution in [3.63, 3.8) is 0 Å². The highest BCUT2D eigenvalue weighted by Crippen LogP contribution is 2.43. The van der Waals surface area contributed by atoms with Crippen LogP contribution < -0.4 is 4.74 Å². The summed E-state index contributed by atoms with van der Waals surface area (Å²) in [5.41, 5.74) is 0.761. The van der Waals surface area contributed by atoms with Gasteiger partial charge in [-0.25, -0.2) is 0 Å². The van der Waals surface area contributed by atoms with Gasteiger partial charge < -0.3 is 14.9 Å². The summed E-state index contributed by atoms with van der Waals surface area (Å²) in [5, 5.41) is 19.8. The second-order valence-electron chi connectivity index (χ2n) is 6.37. The van der Waals surface area contributed by atoms with Gasteiger partial charge in [0.1, 0.15) is 5.75 Å². The van der Waals surface area contributed by atoms with Crippen LogP contribution in [-0.4, -0.2) is 22.3 Å². The molecule has 0 bridgehead atoms. The van der Waals surface area contributed by atoms with Crippen LogP contribution in [0, 0.1) is 17.8 Å². The van der Waals surface area contributed by atoms with Crippen LogP contribution >= 0.6 is 0 Å². The van der Waals surface area contributed by atoms with Crippen LogP contribution in [0.1, 0.15) is 45.3 Å². The fourth-order valence-corrected chi connectivity index (χ4v) is 3.23. The minimum atomic E-state index is -0.803. The Morgan fingerprint density at radius 2 is 1.86 bits per heavy atom. The standard InChI is InChI=1S/C17H24O4/c1-10(2)21-13-6-4-12(5-7-13)16(18)14-8-11(3)9-15(14)17(19)20/h4-7,10-11,14-16,18H,8-9H2,1-3H3,(H,19,20). The van der Waals surface area contributed by atoms with Crippen molar-refractivity contribution in [2.45, 2.75) is 45.8 Å². The summed E-state index contributed by atoms with van der Waals surface area (Å²) >= 11 is 0. The Hall–Kier alpha value is -1.55. The molecule has 0 aliphatic heterocycles. The minimum Gasteiger partial charge on any atom is -0.491 e. The molecule has 1 aromatic carbocycles. The van der Waals surface area contributed by atoms with Crippen LogP contribution in [0.3, 0.4) is 0 Å². The molecule has 0 aromatic heterocycles. The quantitative estimate of drug-likeness (QED) is 0.874. The van der Waals surface area contributed by atoms with Gasteiger partial charge in [-0.3, -0.25) is 4.79 Å². The summed E-state index contributed by atoms with van der Waals surface area (Å²) < 4.78 is 5.58. The number of aliphatic carboxylic acids is 1. The van der Waals surface area contributed by atoms with Crippen LogP contribution in [0.2, 0.25) is 0 Å². The molecule has 0 amide bonds. The van der Waals surface area contributed by atoms with Crippen molar-refractivity contribution in [1.82, 2.24) is 0 Å². The van der Waals surface area contributed by atoms with E-state index >= 15 is 0 Å². The maximum Gasteiger partial charge on any atom is 0.306 e. The Balaban J connectivity index is 2.11. The molecular weight excluding hydrogens is 268 g/mol. The topological polar surface area (TPSA) is 66.8 Å². The van der Waals surface area contributed by atoms with E-state index in [1.807, 2.05) is 45.0 Å². The average molecular weight is 292 g/mol. The van der Waals surface area contributed by atoms with E-state index in [4.69, 9.17) is 4.74 Å². The molecule has 2 rings (SSSR count). The summed E-state index contributed by atoms with van der Waals surface area (Å²) in [6.07, 6.45) is 0.769. The molecule has 4 unspecified atom stereocenters.